The van der Waals surface area contributed by atoms with E-state index >= 15 is 0 Å². The largest absolute Gasteiger partial charge is 0.490 e. The summed E-state index contributed by atoms with van der Waals surface area (Å²) in [7, 11) is 1.61. The highest BCUT2D eigenvalue weighted by molar-refractivity contribution is 5.71. The van der Waals surface area contributed by atoms with E-state index in [9.17, 15) is 5.11 Å². The molecule has 3 heterocycles. The maximum atomic E-state index is 10.0. The van der Waals surface area contributed by atoms with Crippen LogP contribution < -0.4 is 19.1 Å². The molecule has 7 nitrogen and oxygen atoms in total. The zero-order valence-corrected chi connectivity index (χ0v) is 16.4. The minimum atomic E-state index is -0.386. The molecule has 2 aliphatic heterocycles. The van der Waals surface area contributed by atoms with Crippen LogP contribution in [0.4, 0.5) is 11.4 Å². The molecule has 1 saturated heterocycles. The van der Waals surface area contributed by atoms with Crippen molar-refractivity contribution in [1.82, 2.24) is 9.88 Å². The number of benzene rings is 1. The number of pyridine rings is 1. The molecule has 0 aliphatic carbocycles. The summed E-state index contributed by atoms with van der Waals surface area (Å²) in [5.41, 5.74) is 1.96. The minimum absolute atomic E-state index is 0.0832. The number of hydrogen-bond donors (Lipinski definition) is 1. The molecule has 0 saturated carbocycles. The van der Waals surface area contributed by atoms with Crippen LogP contribution in [0, 0.1) is 0 Å². The fraction of sp³-hybridized carbons (Fsp3) is 0.476. The van der Waals surface area contributed by atoms with Crippen molar-refractivity contribution in [1.29, 1.82) is 0 Å². The van der Waals surface area contributed by atoms with E-state index in [-0.39, 0.29) is 12.3 Å². The Hall–Kier alpha value is -2.51. The lowest BCUT2D eigenvalue weighted by molar-refractivity contribution is 0.0113. The van der Waals surface area contributed by atoms with Gasteiger partial charge >= 0.3 is 0 Å². The third kappa shape index (κ3) is 3.86. The molecule has 1 fully saturated rings. The highest BCUT2D eigenvalue weighted by Gasteiger charge is 2.28. The second-order valence-electron chi connectivity index (χ2n) is 7.10. The van der Waals surface area contributed by atoms with Crippen molar-refractivity contribution in [2.45, 2.75) is 32.1 Å². The number of ether oxygens (including phenoxy) is 3. The quantitative estimate of drug-likeness (QED) is 0.820. The molecule has 1 aromatic carbocycles. The number of aliphatic hydroxyl groups excluding tert-OH is 1. The van der Waals surface area contributed by atoms with Crippen molar-refractivity contribution >= 4 is 11.4 Å². The van der Waals surface area contributed by atoms with E-state index in [4.69, 9.17) is 14.2 Å². The van der Waals surface area contributed by atoms with E-state index < -0.39 is 0 Å². The maximum Gasteiger partial charge on any atom is 0.213 e. The van der Waals surface area contributed by atoms with Crippen LogP contribution in [0.3, 0.4) is 0 Å². The number of likely N-dealkylation sites (tertiary alicyclic amines) is 1. The second-order valence-corrected chi connectivity index (χ2v) is 7.10. The Morgan fingerprint density at radius 1 is 1.29 bits per heavy atom. The minimum Gasteiger partial charge on any atom is -0.490 e. The summed E-state index contributed by atoms with van der Waals surface area (Å²) >= 11 is 0. The first-order valence-electron chi connectivity index (χ1n) is 9.81. The number of aliphatic hydroxyl groups is 1. The van der Waals surface area contributed by atoms with Crippen LogP contribution in [0.2, 0.25) is 0 Å². The first-order chi connectivity index (χ1) is 13.7. The molecule has 150 valence electrons. The zero-order valence-electron chi connectivity index (χ0n) is 16.4. The zero-order chi connectivity index (χ0) is 19.5. The van der Waals surface area contributed by atoms with Gasteiger partial charge in [-0.2, -0.15) is 0 Å². The Kier molecular flexibility index (Phi) is 5.54. The first kappa shape index (κ1) is 18.8. The molecule has 1 unspecified atom stereocenters. The number of fused-ring (bicyclic) bond motifs is 1. The van der Waals surface area contributed by atoms with Crippen LogP contribution in [0.25, 0.3) is 0 Å². The third-order valence-electron chi connectivity index (χ3n) is 5.30. The molecule has 0 spiro atoms. The van der Waals surface area contributed by atoms with Gasteiger partial charge in [0.15, 0.2) is 0 Å². The van der Waals surface area contributed by atoms with Gasteiger partial charge < -0.3 is 24.2 Å². The Labute approximate surface area is 165 Å². The van der Waals surface area contributed by atoms with Gasteiger partial charge in [0.1, 0.15) is 30.4 Å². The van der Waals surface area contributed by atoms with Gasteiger partial charge in [-0.25, -0.2) is 4.98 Å². The van der Waals surface area contributed by atoms with Crippen molar-refractivity contribution in [3.05, 3.63) is 36.5 Å². The summed E-state index contributed by atoms with van der Waals surface area (Å²) in [6.45, 7) is 4.95. The summed E-state index contributed by atoms with van der Waals surface area (Å²) in [6.07, 6.45) is 3.15. The van der Waals surface area contributed by atoms with E-state index in [0.717, 1.165) is 55.3 Å². The molecule has 2 aromatic rings. The summed E-state index contributed by atoms with van der Waals surface area (Å²) in [4.78, 5) is 8.57. The molecule has 2 atom stereocenters. The van der Waals surface area contributed by atoms with Crippen LogP contribution in [-0.4, -0.2) is 60.7 Å². The SMILES string of the molecule is CCC(O)N1CC[C@@H](Oc2ccc3c(c2)N(c2ccc(OC)nc2)CCO3)C1. The van der Waals surface area contributed by atoms with Gasteiger partial charge in [-0.15, -0.1) is 0 Å². The smallest absolute Gasteiger partial charge is 0.213 e. The van der Waals surface area contributed by atoms with Gasteiger partial charge in [0, 0.05) is 25.2 Å². The fourth-order valence-corrected chi connectivity index (χ4v) is 3.76. The molecule has 1 aromatic heterocycles. The monoisotopic (exact) mass is 385 g/mol. The molecular weight excluding hydrogens is 358 g/mol. The van der Waals surface area contributed by atoms with Crippen molar-refractivity contribution < 1.29 is 19.3 Å². The molecule has 4 rings (SSSR count). The van der Waals surface area contributed by atoms with Gasteiger partial charge in [-0.1, -0.05) is 6.92 Å². The molecule has 1 N–H and O–H groups in total. The lowest BCUT2D eigenvalue weighted by atomic mass is 10.2. The normalized spacial score (nSPS) is 20.4. The van der Waals surface area contributed by atoms with Crippen LogP contribution in [0.15, 0.2) is 36.5 Å². The van der Waals surface area contributed by atoms with E-state index in [2.05, 4.69) is 14.8 Å². The average molecular weight is 385 g/mol. The first-order valence-corrected chi connectivity index (χ1v) is 9.81. The average Bonchev–Trinajstić information content (AvgIpc) is 3.21. The molecular formula is C21H27N3O4. The Bertz CT molecular complexity index is 799. The molecule has 0 amide bonds. The van der Waals surface area contributed by atoms with Crippen molar-refractivity contribution in [3.8, 4) is 17.4 Å². The number of aromatic nitrogens is 1. The van der Waals surface area contributed by atoms with E-state index in [1.165, 1.54) is 0 Å². The lowest BCUT2D eigenvalue weighted by Crippen LogP contribution is -2.34. The predicted octanol–water partition coefficient (Wildman–Crippen LogP) is 2.80. The molecule has 0 bridgehead atoms. The molecule has 28 heavy (non-hydrogen) atoms. The standard InChI is InChI=1S/C21H27N3O4/c1-3-21(25)23-9-8-17(14-23)28-16-5-6-19-18(12-16)24(10-11-27-19)15-4-7-20(26-2)22-13-15/h4-7,12-13,17,21,25H,3,8-11,14H2,1-2H3/t17-,21?/m1/s1. The third-order valence-corrected chi connectivity index (χ3v) is 5.30. The van der Waals surface area contributed by atoms with E-state index in [0.29, 0.717) is 12.5 Å². The highest BCUT2D eigenvalue weighted by Crippen LogP contribution is 2.39. The lowest BCUT2D eigenvalue weighted by Gasteiger charge is -2.31. The van der Waals surface area contributed by atoms with Gasteiger partial charge in [0.25, 0.3) is 0 Å². The predicted molar refractivity (Wildman–Crippen MR) is 107 cm³/mol. The molecule has 0 radical (unpaired) electrons. The fourth-order valence-electron chi connectivity index (χ4n) is 3.76. The van der Waals surface area contributed by atoms with Gasteiger partial charge in [0.05, 0.1) is 31.2 Å². The van der Waals surface area contributed by atoms with Crippen LogP contribution in [0.5, 0.6) is 17.4 Å². The van der Waals surface area contributed by atoms with Gasteiger partial charge in [-0.3, -0.25) is 4.90 Å². The number of methoxy groups -OCH3 is 1. The maximum absolute atomic E-state index is 10.0. The van der Waals surface area contributed by atoms with Crippen molar-refractivity contribution in [3.63, 3.8) is 0 Å². The van der Waals surface area contributed by atoms with Crippen LogP contribution in [0.1, 0.15) is 19.8 Å². The molecule has 2 aliphatic rings. The summed E-state index contributed by atoms with van der Waals surface area (Å²) in [5.74, 6) is 2.24. The summed E-state index contributed by atoms with van der Waals surface area (Å²) in [5, 5.41) is 10.0. The van der Waals surface area contributed by atoms with Crippen LogP contribution >= 0.6 is 0 Å². The van der Waals surface area contributed by atoms with Gasteiger partial charge in [-0.05, 0) is 31.0 Å². The van der Waals surface area contributed by atoms with Crippen LogP contribution in [-0.2, 0) is 0 Å². The Morgan fingerprint density at radius 3 is 2.93 bits per heavy atom. The number of nitrogens with zero attached hydrogens (tertiary/aromatic N) is 3. The highest BCUT2D eigenvalue weighted by atomic mass is 16.5. The summed E-state index contributed by atoms with van der Waals surface area (Å²) in [6, 6.07) is 9.79. The van der Waals surface area contributed by atoms with E-state index in [1.54, 1.807) is 7.11 Å². The summed E-state index contributed by atoms with van der Waals surface area (Å²) < 4.78 is 17.2. The van der Waals surface area contributed by atoms with E-state index in [1.807, 2.05) is 43.5 Å². The Morgan fingerprint density at radius 2 is 2.18 bits per heavy atom. The van der Waals surface area contributed by atoms with Crippen molar-refractivity contribution in [2.24, 2.45) is 0 Å². The Balaban J connectivity index is 1.51. The van der Waals surface area contributed by atoms with Gasteiger partial charge in [0.2, 0.25) is 5.88 Å². The number of hydrogen-bond acceptors (Lipinski definition) is 7. The number of rotatable bonds is 6. The van der Waals surface area contributed by atoms with Crippen molar-refractivity contribution in [2.75, 3.05) is 38.3 Å². The topological polar surface area (TPSA) is 67.3 Å². The molecule has 7 heteroatoms. The second kappa shape index (κ2) is 8.24. The number of anilines is 2.